The van der Waals surface area contributed by atoms with Gasteiger partial charge in [0.1, 0.15) is 5.82 Å². The maximum Gasteiger partial charge on any atom is 0.277 e. The zero-order chi connectivity index (χ0) is 16.1. The van der Waals surface area contributed by atoms with Gasteiger partial charge < -0.3 is 4.42 Å². The van der Waals surface area contributed by atoms with Crippen LogP contribution in [0.1, 0.15) is 35.6 Å². The van der Waals surface area contributed by atoms with E-state index in [0.29, 0.717) is 17.5 Å². The second-order valence-electron chi connectivity index (χ2n) is 5.19. The molecule has 5 heteroatoms. The summed E-state index contributed by atoms with van der Waals surface area (Å²) in [5.74, 6) is 0.243. The van der Waals surface area contributed by atoms with Crippen LogP contribution < -0.4 is 0 Å². The highest BCUT2D eigenvalue weighted by atomic mass is 32.2. The van der Waals surface area contributed by atoms with Crippen LogP contribution in [0.25, 0.3) is 0 Å². The highest BCUT2D eigenvalue weighted by molar-refractivity contribution is 7.99. The van der Waals surface area contributed by atoms with Crippen molar-refractivity contribution in [1.82, 2.24) is 10.2 Å². The molecule has 1 atom stereocenters. The van der Waals surface area contributed by atoms with Crippen LogP contribution >= 0.6 is 11.8 Å². The zero-order valence-corrected chi connectivity index (χ0v) is 13.6. The van der Waals surface area contributed by atoms with Gasteiger partial charge >= 0.3 is 0 Å². The Hall–Kier alpha value is -2.14. The minimum absolute atomic E-state index is 0.258. The fraction of sp³-hybridized carbons (Fsp3) is 0.222. The minimum atomic E-state index is -0.258. The Morgan fingerprint density at radius 2 is 1.91 bits per heavy atom. The first-order chi connectivity index (χ1) is 11.2. The number of hydrogen-bond donors (Lipinski definition) is 0. The third-order valence-corrected chi connectivity index (χ3v) is 4.73. The summed E-state index contributed by atoms with van der Waals surface area (Å²) in [7, 11) is 0. The molecule has 1 aromatic heterocycles. The summed E-state index contributed by atoms with van der Waals surface area (Å²) in [4.78, 5) is 0. The van der Waals surface area contributed by atoms with Crippen molar-refractivity contribution in [3.05, 3.63) is 77.4 Å². The molecule has 2 aromatic carbocycles. The van der Waals surface area contributed by atoms with E-state index in [1.165, 1.54) is 17.7 Å². The van der Waals surface area contributed by atoms with Crippen molar-refractivity contribution < 1.29 is 8.81 Å². The lowest BCUT2D eigenvalue weighted by molar-refractivity contribution is 0.419. The first-order valence-electron chi connectivity index (χ1n) is 7.53. The van der Waals surface area contributed by atoms with Crippen molar-refractivity contribution in [2.45, 2.75) is 30.2 Å². The first kappa shape index (κ1) is 15.7. The van der Waals surface area contributed by atoms with E-state index in [0.717, 1.165) is 12.0 Å². The molecule has 0 bridgehead atoms. The molecule has 0 spiro atoms. The van der Waals surface area contributed by atoms with Gasteiger partial charge in [-0.3, -0.25) is 0 Å². The fourth-order valence-corrected chi connectivity index (χ4v) is 3.29. The maximum absolute atomic E-state index is 13.2. The van der Waals surface area contributed by atoms with Crippen LogP contribution in [-0.2, 0) is 6.42 Å². The van der Waals surface area contributed by atoms with E-state index in [2.05, 4.69) is 29.3 Å². The zero-order valence-electron chi connectivity index (χ0n) is 12.8. The van der Waals surface area contributed by atoms with Gasteiger partial charge in [-0.1, -0.05) is 61.2 Å². The van der Waals surface area contributed by atoms with Gasteiger partial charge in [-0.25, -0.2) is 4.39 Å². The molecule has 23 heavy (non-hydrogen) atoms. The van der Waals surface area contributed by atoms with Gasteiger partial charge in [0.15, 0.2) is 0 Å². The largest absolute Gasteiger partial charge is 0.416 e. The molecule has 1 unspecified atom stereocenters. The van der Waals surface area contributed by atoms with E-state index in [1.54, 1.807) is 17.8 Å². The van der Waals surface area contributed by atoms with Crippen LogP contribution in [-0.4, -0.2) is 10.2 Å². The molecule has 0 aliphatic carbocycles. The summed E-state index contributed by atoms with van der Waals surface area (Å²) in [5.41, 5.74) is 2.06. The number of hydrogen-bond acceptors (Lipinski definition) is 4. The van der Waals surface area contributed by atoms with Gasteiger partial charge in [0.2, 0.25) is 5.89 Å². The van der Waals surface area contributed by atoms with E-state index in [9.17, 15) is 4.39 Å². The van der Waals surface area contributed by atoms with Crippen molar-refractivity contribution in [2.75, 3.05) is 0 Å². The van der Waals surface area contributed by atoms with Crippen molar-refractivity contribution in [2.24, 2.45) is 0 Å². The second kappa shape index (κ2) is 7.42. The quantitative estimate of drug-likeness (QED) is 0.594. The molecule has 0 saturated heterocycles. The number of aromatic nitrogens is 2. The molecule has 0 amide bonds. The van der Waals surface area contributed by atoms with Gasteiger partial charge in [0, 0.05) is 5.25 Å². The Morgan fingerprint density at radius 3 is 2.65 bits per heavy atom. The third kappa shape index (κ3) is 4.20. The Labute approximate surface area is 138 Å². The fourth-order valence-electron chi connectivity index (χ4n) is 2.36. The van der Waals surface area contributed by atoms with Crippen LogP contribution in [0.3, 0.4) is 0 Å². The van der Waals surface area contributed by atoms with Crippen molar-refractivity contribution in [3.63, 3.8) is 0 Å². The first-order valence-corrected chi connectivity index (χ1v) is 8.41. The molecule has 118 valence electrons. The third-order valence-electron chi connectivity index (χ3n) is 3.48. The predicted octanol–water partition coefficient (Wildman–Crippen LogP) is 5.04. The number of benzene rings is 2. The highest BCUT2D eigenvalue weighted by Crippen LogP contribution is 2.36. The summed E-state index contributed by atoms with van der Waals surface area (Å²) in [6, 6.07) is 16.7. The average Bonchev–Trinajstić information content (AvgIpc) is 3.00. The van der Waals surface area contributed by atoms with Crippen LogP contribution in [0.4, 0.5) is 4.39 Å². The molecule has 0 fully saturated rings. The Bertz CT molecular complexity index is 760. The Balaban J connectivity index is 1.69. The normalized spacial score (nSPS) is 12.3. The minimum Gasteiger partial charge on any atom is -0.416 e. The average molecular weight is 328 g/mol. The van der Waals surface area contributed by atoms with Crippen molar-refractivity contribution in [3.8, 4) is 0 Å². The lowest BCUT2D eigenvalue weighted by atomic mass is 10.1. The lowest BCUT2D eigenvalue weighted by Gasteiger charge is -2.11. The molecular weight excluding hydrogens is 311 g/mol. The van der Waals surface area contributed by atoms with E-state index in [1.807, 2.05) is 24.3 Å². The van der Waals surface area contributed by atoms with Gasteiger partial charge in [-0.05, 0) is 29.7 Å². The second-order valence-corrected chi connectivity index (χ2v) is 6.35. The Morgan fingerprint density at radius 1 is 1.09 bits per heavy atom. The monoisotopic (exact) mass is 328 g/mol. The molecule has 0 radical (unpaired) electrons. The summed E-state index contributed by atoms with van der Waals surface area (Å²) < 4.78 is 18.9. The molecular formula is C18H17FN2OS. The summed E-state index contributed by atoms with van der Waals surface area (Å²) >= 11 is 1.56. The van der Waals surface area contributed by atoms with E-state index >= 15 is 0 Å². The van der Waals surface area contributed by atoms with E-state index in [-0.39, 0.29) is 11.1 Å². The lowest BCUT2D eigenvalue weighted by Crippen LogP contribution is -1.91. The van der Waals surface area contributed by atoms with Gasteiger partial charge in [-0.2, -0.15) is 0 Å². The number of thioether (sulfide) groups is 1. The molecule has 3 rings (SSSR count). The smallest absolute Gasteiger partial charge is 0.277 e. The summed E-state index contributed by atoms with van der Waals surface area (Å²) in [6.07, 6.45) is 1.41. The number of nitrogens with zero attached hydrogens (tertiary/aromatic N) is 2. The number of rotatable bonds is 6. The van der Waals surface area contributed by atoms with Crippen LogP contribution in [0.2, 0.25) is 0 Å². The molecule has 3 nitrogen and oxygen atoms in total. The highest BCUT2D eigenvalue weighted by Gasteiger charge is 2.15. The molecule has 0 saturated carbocycles. The summed E-state index contributed by atoms with van der Waals surface area (Å²) in [6.45, 7) is 2.13. The SMILES string of the molecule is CCC(Sc1nnc(Cc2cccc(F)c2)o1)c1ccccc1. The molecule has 3 aromatic rings. The topological polar surface area (TPSA) is 38.9 Å². The Kier molecular flexibility index (Phi) is 5.08. The van der Waals surface area contributed by atoms with Crippen molar-refractivity contribution >= 4 is 11.8 Å². The van der Waals surface area contributed by atoms with Crippen LogP contribution in [0, 0.1) is 5.82 Å². The van der Waals surface area contributed by atoms with Crippen LogP contribution in [0.15, 0.2) is 64.2 Å². The number of halogens is 1. The standard InChI is InChI=1S/C18H17FN2OS/c1-2-16(14-8-4-3-5-9-14)23-18-21-20-17(22-18)12-13-7-6-10-15(19)11-13/h3-11,16H,2,12H2,1H3. The van der Waals surface area contributed by atoms with Gasteiger partial charge in [-0.15, -0.1) is 10.2 Å². The van der Waals surface area contributed by atoms with Gasteiger partial charge in [0.05, 0.1) is 6.42 Å². The molecule has 1 heterocycles. The van der Waals surface area contributed by atoms with E-state index < -0.39 is 0 Å². The van der Waals surface area contributed by atoms with Gasteiger partial charge in [0.25, 0.3) is 5.22 Å². The maximum atomic E-state index is 13.2. The van der Waals surface area contributed by atoms with Crippen molar-refractivity contribution in [1.29, 1.82) is 0 Å². The molecule has 0 aliphatic rings. The van der Waals surface area contributed by atoms with Crippen LogP contribution in [0.5, 0.6) is 0 Å². The summed E-state index contributed by atoms with van der Waals surface area (Å²) in [5, 5.41) is 8.99. The molecule has 0 aliphatic heterocycles. The van der Waals surface area contributed by atoms with E-state index in [4.69, 9.17) is 4.42 Å². The molecule has 0 N–H and O–H groups in total. The predicted molar refractivity (Wildman–Crippen MR) is 88.8 cm³/mol.